The number of nitrogens with one attached hydrogen (secondary N) is 2. The number of fused-ring (bicyclic) bond motifs is 1. The van der Waals surface area contributed by atoms with Crippen molar-refractivity contribution in [2.24, 2.45) is 7.05 Å². The van der Waals surface area contributed by atoms with Crippen molar-refractivity contribution >= 4 is 22.6 Å². The van der Waals surface area contributed by atoms with Gasteiger partial charge in [-0.25, -0.2) is 4.79 Å². The number of anilines is 1. The number of hydrogen-bond donors (Lipinski definition) is 2. The van der Waals surface area contributed by atoms with Crippen LogP contribution in [-0.4, -0.2) is 10.6 Å². The Labute approximate surface area is 187 Å². The fourth-order valence-electron chi connectivity index (χ4n) is 3.98. The highest BCUT2D eigenvalue weighted by atomic mass is 16.2. The van der Waals surface area contributed by atoms with Gasteiger partial charge in [0.15, 0.2) is 0 Å². The largest absolute Gasteiger partial charge is 0.334 e. The molecule has 4 rings (SSSR count). The average Bonchev–Trinajstić information content (AvgIpc) is 2.78. The third-order valence-corrected chi connectivity index (χ3v) is 5.84. The number of carbonyl (C=O) groups excluding carboxylic acids is 1. The van der Waals surface area contributed by atoms with Gasteiger partial charge < -0.3 is 5.32 Å². The zero-order chi connectivity index (χ0) is 22.8. The van der Waals surface area contributed by atoms with Crippen molar-refractivity contribution < 1.29 is 4.79 Å². The normalized spacial score (nSPS) is 10.9. The van der Waals surface area contributed by atoms with E-state index in [0.717, 1.165) is 38.8 Å². The van der Waals surface area contributed by atoms with Crippen molar-refractivity contribution in [3.8, 4) is 11.1 Å². The Hall–Kier alpha value is -3.86. The molecular formula is C27H27N3O2. The number of amides is 2. The van der Waals surface area contributed by atoms with Gasteiger partial charge in [0.1, 0.15) is 5.82 Å². The van der Waals surface area contributed by atoms with Crippen molar-refractivity contribution in [2.75, 3.05) is 5.32 Å². The summed E-state index contributed by atoms with van der Waals surface area (Å²) in [6.07, 6.45) is 0. The Morgan fingerprint density at radius 2 is 1.56 bits per heavy atom. The van der Waals surface area contributed by atoms with Crippen LogP contribution in [0.25, 0.3) is 21.9 Å². The van der Waals surface area contributed by atoms with Crippen LogP contribution in [0.2, 0.25) is 0 Å². The molecule has 0 aliphatic carbocycles. The van der Waals surface area contributed by atoms with Gasteiger partial charge in [0.05, 0.1) is 0 Å². The summed E-state index contributed by atoms with van der Waals surface area (Å²) in [7, 11) is 1.69. The molecule has 0 spiro atoms. The van der Waals surface area contributed by atoms with Gasteiger partial charge in [-0.3, -0.25) is 14.7 Å². The number of aromatic nitrogens is 1. The van der Waals surface area contributed by atoms with E-state index in [0.29, 0.717) is 17.7 Å². The van der Waals surface area contributed by atoms with E-state index in [1.165, 1.54) is 4.57 Å². The fourth-order valence-corrected chi connectivity index (χ4v) is 3.98. The van der Waals surface area contributed by atoms with Crippen LogP contribution in [0.5, 0.6) is 0 Å². The molecule has 0 atom stereocenters. The first-order valence-corrected chi connectivity index (χ1v) is 10.6. The molecule has 0 saturated carbocycles. The minimum absolute atomic E-state index is 0.142. The Bertz CT molecular complexity index is 1370. The predicted octanol–water partition coefficient (Wildman–Crippen LogP) is 5.45. The van der Waals surface area contributed by atoms with Crippen LogP contribution in [0, 0.1) is 20.8 Å². The summed E-state index contributed by atoms with van der Waals surface area (Å²) in [6, 6.07) is 21.4. The van der Waals surface area contributed by atoms with Gasteiger partial charge in [-0.15, -0.1) is 0 Å². The van der Waals surface area contributed by atoms with E-state index in [1.807, 2.05) is 87.5 Å². The molecule has 2 amide bonds. The summed E-state index contributed by atoms with van der Waals surface area (Å²) >= 11 is 0. The molecule has 0 fully saturated rings. The highest BCUT2D eigenvalue weighted by molar-refractivity contribution is 6.05. The van der Waals surface area contributed by atoms with E-state index in [1.54, 1.807) is 7.05 Å². The van der Waals surface area contributed by atoms with Crippen LogP contribution in [0.15, 0.2) is 71.5 Å². The van der Waals surface area contributed by atoms with Gasteiger partial charge in [0, 0.05) is 24.5 Å². The third kappa shape index (κ3) is 4.14. The highest BCUT2D eigenvalue weighted by Gasteiger charge is 2.19. The lowest BCUT2D eigenvalue weighted by molar-refractivity contribution is 0.251. The first-order chi connectivity index (χ1) is 15.3. The smallest absolute Gasteiger partial charge is 0.320 e. The molecule has 4 aromatic rings. The molecule has 1 heterocycles. The van der Waals surface area contributed by atoms with E-state index in [2.05, 4.69) is 10.6 Å². The number of hydrogen-bond acceptors (Lipinski definition) is 2. The number of rotatable bonds is 4. The molecule has 2 N–H and O–H groups in total. The minimum Gasteiger partial charge on any atom is -0.334 e. The molecule has 5 nitrogen and oxygen atoms in total. The molecule has 0 aliphatic heterocycles. The SMILES string of the molecule is Cc1cccc(CNC(=O)Nc2c(-c3ccccc3)c3cc(C)c(C)cc3c(=O)n2C)c1. The Balaban J connectivity index is 1.79. The number of pyridine rings is 1. The highest BCUT2D eigenvalue weighted by Crippen LogP contribution is 2.34. The molecule has 32 heavy (non-hydrogen) atoms. The molecular weight excluding hydrogens is 398 g/mol. The summed E-state index contributed by atoms with van der Waals surface area (Å²) in [6.45, 7) is 6.45. The van der Waals surface area contributed by atoms with Gasteiger partial charge in [-0.2, -0.15) is 0 Å². The molecule has 0 aliphatic rings. The summed E-state index contributed by atoms with van der Waals surface area (Å²) < 4.78 is 1.52. The number of urea groups is 1. The molecule has 0 unspecified atom stereocenters. The molecule has 0 radical (unpaired) electrons. The summed E-state index contributed by atoms with van der Waals surface area (Å²) in [4.78, 5) is 26.0. The van der Waals surface area contributed by atoms with Crippen molar-refractivity contribution in [3.05, 3.63) is 99.3 Å². The second kappa shape index (κ2) is 8.71. The molecule has 1 aromatic heterocycles. The van der Waals surface area contributed by atoms with Gasteiger partial charge in [0.2, 0.25) is 0 Å². The lowest BCUT2D eigenvalue weighted by Gasteiger charge is -2.19. The Morgan fingerprint density at radius 3 is 2.25 bits per heavy atom. The quantitative estimate of drug-likeness (QED) is 0.456. The molecule has 5 heteroatoms. The number of benzene rings is 3. The first kappa shape index (κ1) is 21.4. The minimum atomic E-state index is -0.359. The third-order valence-electron chi connectivity index (χ3n) is 5.84. The van der Waals surface area contributed by atoms with Crippen LogP contribution >= 0.6 is 0 Å². The average molecular weight is 426 g/mol. The standard InChI is InChI=1S/C27H27N3O2/c1-17-9-8-10-20(13-17)16-28-27(32)29-25-24(21-11-6-5-7-12-21)22-14-18(2)19(3)15-23(22)26(31)30(25)4/h5-15H,16H2,1-4H3,(H2,28,29,32). The van der Waals surface area contributed by atoms with Crippen molar-refractivity contribution in [2.45, 2.75) is 27.3 Å². The number of nitrogens with zero attached hydrogens (tertiary/aromatic N) is 1. The van der Waals surface area contributed by atoms with Crippen LogP contribution in [-0.2, 0) is 13.6 Å². The Morgan fingerprint density at radius 1 is 0.875 bits per heavy atom. The van der Waals surface area contributed by atoms with Gasteiger partial charge in [0.25, 0.3) is 5.56 Å². The van der Waals surface area contributed by atoms with E-state index >= 15 is 0 Å². The van der Waals surface area contributed by atoms with E-state index in [9.17, 15) is 9.59 Å². The Kier molecular flexibility index (Phi) is 5.82. The zero-order valence-corrected chi connectivity index (χ0v) is 18.8. The topological polar surface area (TPSA) is 63.1 Å². The van der Waals surface area contributed by atoms with Crippen LogP contribution in [0.1, 0.15) is 22.3 Å². The predicted molar refractivity (Wildman–Crippen MR) is 131 cm³/mol. The molecule has 162 valence electrons. The second-order valence-electron chi connectivity index (χ2n) is 8.23. The molecule has 0 saturated heterocycles. The summed E-state index contributed by atoms with van der Waals surface area (Å²) in [5.74, 6) is 0.471. The lowest BCUT2D eigenvalue weighted by atomic mass is 9.96. The van der Waals surface area contributed by atoms with Gasteiger partial charge in [-0.05, 0) is 54.5 Å². The maximum atomic E-state index is 13.2. The molecule has 0 bridgehead atoms. The molecule has 3 aromatic carbocycles. The van der Waals surface area contributed by atoms with E-state index in [4.69, 9.17) is 0 Å². The van der Waals surface area contributed by atoms with Gasteiger partial charge >= 0.3 is 6.03 Å². The monoisotopic (exact) mass is 425 g/mol. The summed E-state index contributed by atoms with van der Waals surface area (Å²) in [5.41, 5.74) is 5.93. The van der Waals surface area contributed by atoms with Crippen molar-refractivity contribution in [1.82, 2.24) is 9.88 Å². The van der Waals surface area contributed by atoms with E-state index in [-0.39, 0.29) is 11.6 Å². The van der Waals surface area contributed by atoms with Gasteiger partial charge in [-0.1, -0.05) is 66.2 Å². The second-order valence-corrected chi connectivity index (χ2v) is 8.23. The lowest BCUT2D eigenvalue weighted by Crippen LogP contribution is -2.32. The van der Waals surface area contributed by atoms with Crippen molar-refractivity contribution in [1.29, 1.82) is 0 Å². The maximum absolute atomic E-state index is 13.2. The number of aryl methyl sites for hydroxylation is 3. The maximum Gasteiger partial charge on any atom is 0.320 e. The first-order valence-electron chi connectivity index (χ1n) is 10.6. The van der Waals surface area contributed by atoms with Crippen LogP contribution in [0.4, 0.5) is 10.6 Å². The summed E-state index contributed by atoms with van der Waals surface area (Å²) in [5, 5.41) is 7.31. The van der Waals surface area contributed by atoms with Crippen molar-refractivity contribution in [3.63, 3.8) is 0 Å². The van der Waals surface area contributed by atoms with Crippen LogP contribution in [0.3, 0.4) is 0 Å². The van der Waals surface area contributed by atoms with E-state index < -0.39 is 0 Å². The zero-order valence-electron chi connectivity index (χ0n) is 18.8. The van der Waals surface area contributed by atoms with Crippen LogP contribution < -0.4 is 16.2 Å². The fraction of sp³-hybridized carbons (Fsp3) is 0.185. The number of carbonyl (C=O) groups is 1.